The number of benzene rings is 2. The Balaban J connectivity index is 2.08. The zero-order chi connectivity index (χ0) is 15.8. The lowest BCUT2D eigenvalue weighted by Gasteiger charge is -2.10. The van der Waals surface area contributed by atoms with Gasteiger partial charge in [0, 0.05) is 10.6 Å². The fourth-order valence-corrected chi connectivity index (χ4v) is 2.91. The fraction of sp³-hybridized carbons (Fsp3) is 0.278. The highest BCUT2D eigenvalue weighted by molar-refractivity contribution is 7.99. The number of amides is 1. The molecule has 0 heterocycles. The molecule has 0 aliphatic carbocycles. The predicted octanol–water partition coefficient (Wildman–Crippen LogP) is 4.84. The summed E-state index contributed by atoms with van der Waals surface area (Å²) >= 11 is 1.71. The largest absolute Gasteiger partial charge is 0.494 e. The fourth-order valence-electron chi connectivity index (χ4n) is 1.99. The summed E-state index contributed by atoms with van der Waals surface area (Å²) in [7, 11) is 0. The standard InChI is InChI=1S/C18H21NO2S/c1-3-13-22-17-8-6-5-7-16(17)18(20)19-14-9-11-15(12-10-14)21-4-2/h5-12H,3-4,13H2,1-2H3,(H,19,20). The molecule has 0 aliphatic heterocycles. The molecular formula is C18H21NO2S. The number of anilines is 1. The van der Waals surface area contributed by atoms with Gasteiger partial charge in [-0.2, -0.15) is 0 Å². The van der Waals surface area contributed by atoms with Crippen molar-refractivity contribution < 1.29 is 9.53 Å². The van der Waals surface area contributed by atoms with Gasteiger partial charge in [0.25, 0.3) is 5.91 Å². The lowest BCUT2D eigenvalue weighted by molar-refractivity contribution is 0.102. The molecule has 0 fully saturated rings. The van der Waals surface area contributed by atoms with Crippen LogP contribution in [0.2, 0.25) is 0 Å². The van der Waals surface area contributed by atoms with Gasteiger partial charge >= 0.3 is 0 Å². The molecule has 1 amide bonds. The van der Waals surface area contributed by atoms with Gasteiger partial charge in [0.2, 0.25) is 0 Å². The Morgan fingerprint density at radius 2 is 1.82 bits per heavy atom. The van der Waals surface area contributed by atoms with E-state index in [1.807, 2.05) is 55.5 Å². The minimum Gasteiger partial charge on any atom is -0.494 e. The van der Waals surface area contributed by atoms with Crippen LogP contribution in [0.4, 0.5) is 5.69 Å². The van der Waals surface area contributed by atoms with Gasteiger partial charge in [-0.25, -0.2) is 0 Å². The van der Waals surface area contributed by atoms with E-state index in [0.717, 1.165) is 34.1 Å². The van der Waals surface area contributed by atoms with Crippen molar-refractivity contribution >= 4 is 23.4 Å². The van der Waals surface area contributed by atoms with E-state index in [1.54, 1.807) is 11.8 Å². The Morgan fingerprint density at radius 1 is 1.09 bits per heavy atom. The molecule has 0 spiro atoms. The number of carbonyl (C=O) groups excluding carboxylic acids is 1. The van der Waals surface area contributed by atoms with E-state index in [4.69, 9.17) is 4.74 Å². The Hall–Kier alpha value is -1.94. The molecule has 3 nitrogen and oxygen atoms in total. The number of ether oxygens (including phenoxy) is 1. The Morgan fingerprint density at radius 3 is 2.50 bits per heavy atom. The normalized spacial score (nSPS) is 10.3. The second-order valence-corrected chi connectivity index (χ2v) is 5.89. The molecule has 0 saturated heterocycles. The molecule has 4 heteroatoms. The van der Waals surface area contributed by atoms with Crippen molar-refractivity contribution in [2.24, 2.45) is 0 Å². The van der Waals surface area contributed by atoms with Gasteiger partial charge in [-0.15, -0.1) is 11.8 Å². The zero-order valence-corrected chi connectivity index (χ0v) is 13.8. The maximum absolute atomic E-state index is 12.5. The summed E-state index contributed by atoms with van der Waals surface area (Å²) in [6.45, 7) is 4.71. The molecule has 0 radical (unpaired) electrons. The third kappa shape index (κ3) is 4.53. The molecule has 2 aromatic rings. The molecule has 2 rings (SSSR count). The van der Waals surface area contributed by atoms with Crippen molar-refractivity contribution in [2.75, 3.05) is 17.7 Å². The first-order valence-electron chi connectivity index (χ1n) is 7.50. The van der Waals surface area contributed by atoms with Gasteiger partial charge in [-0.05, 0) is 55.5 Å². The number of carbonyl (C=O) groups is 1. The van der Waals surface area contributed by atoms with E-state index in [2.05, 4.69) is 12.2 Å². The van der Waals surface area contributed by atoms with Crippen molar-refractivity contribution in [2.45, 2.75) is 25.2 Å². The molecule has 116 valence electrons. The molecule has 2 aromatic carbocycles. The molecular weight excluding hydrogens is 294 g/mol. The highest BCUT2D eigenvalue weighted by Gasteiger charge is 2.11. The third-order valence-corrected chi connectivity index (χ3v) is 4.30. The lowest BCUT2D eigenvalue weighted by Crippen LogP contribution is -2.13. The van der Waals surface area contributed by atoms with Crippen molar-refractivity contribution in [3.05, 3.63) is 54.1 Å². The van der Waals surface area contributed by atoms with Crippen LogP contribution in [0.3, 0.4) is 0 Å². The third-order valence-electron chi connectivity index (χ3n) is 3.02. The van der Waals surface area contributed by atoms with Crippen LogP contribution in [0, 0.1) is 0 Å². The second kappa shape index (κ2) is 8.49. The van der Waals surface area contributed by atoms with Crippen LogP contribution in [-0.2, 0) is 0 Å². The van der Waals surface area contributed by atoms with Crippen molar-refractivity contribution in [3.63, 3.8) is 0 Å². The summed E-state index contributed by atoms with van der Waals surface area (Å²) in [5.74, 6) is 1.73. The molecule has 0 aromatic heterocycles. The maximum Gasteiger partial charge on any atom is 0.256 e. The van der Waals surface area contributed by atoms with Gasteiger partial charge in [0.05, 0.1) is 12.2 Å². The molecule has 0 saturated carbocycles. The summed E-state index contributed by atoms with van der Waals surface area (Å²) in [6.07, 6.45) is 1.08. The molecule has 0 aliphatic rings. The quantitative estimate of drug-likeness (QED) is 0.743. The summed E-state index contributed by atoms with van der Waals surface area (Å²) in [6, 6.07) is 15.1. The van der Waals surface area contributed by atoms with E-state index < -0.39 is 0 Å². The maximum atomic E-state index is 12.5. The van der Waals surface area contributed by atoms with E-state index in [9.17, 15) is 4.79 Å². The van der Waals surface area contributed by atoms with Crippen molar-refractivity contribution in [3.8, 4) is 5.75 Å². The van der Waals surface area contributed by atoms with Crippen LogP contribution in [0.25, 0.3) is 0 Å². The first-order valence-corrected chi connectivity index (χ1v) is 8.49. The summed E-state index contributed by atoms with van der Waals surface area (Å²) in [4.78, 5) is 13.5. The molecule has 0 atom stereocenters. The van der Waals surface area contributed by atoms with E-state index in [1.165, 1.54) is 0 Å². The van der Waals surface area contributed by atoms with Crippen molar-refractivity contribution in [1.29, 1.82) is 0 Å². The Bertz CT molecular complexity index is 611. The van der Waals surface area contributed by atoms with Crippen LogP contribution >= 0.6 is 11.8 Å². The van der Waals surface area contributed by atoms with Gasteiger partial charge < -0.3 is 10.1 Å². The summed E-state index contributed by atoms with van der Waals surface area (Å²) in [5, 5.41) is 2.94. The van der Waals surface area contributed by atoms with E-state index >= 15 is 0 Å². The van der Waals surface area contributed by atoms with E-state index in [-0.39, 0.29) is 5.91 Å². The Kier molecular flexibility index (Phi) is 6.34. The number of thioether (sulfide) groups is 1. The molecule has 0 bridgehead atoms. The molecule has 22 heavy (non-hydrogen) atoms. The predicted molar refractivity (Wildman–Crippen MR) is 93.0 cm³/mol. The second-order valence-electron chi connectivity index (χ2n) is 4.76. The van der Waals surface area contributed by atoms with Crippen LogP contribution in [0.5, 0.6) is 5.75 Å². The summed E-state index contributed by atoms with van der Waals surface area (Å²) in [5.41, 5.74) is 1.48. The first-order chi connectivity index (χ1) is 10.7. The van der Waals surface area contributed by atoms with Crippen LogP contribution in [-0.4, -0.2) is 18.3 Å². The Labute approximate surface area is 136 Å². The van der Waals surface area contributed by atoms with Crippen LogP contribution < -0.4 is 10.1 Å². The zero-order valence-electron chi connectivity index (χ0n) is 13.0. The monoisotopic (exact) mass is 315 g/mol. The number of hydrogen-bond donors (Lipinski definition) is 1. The highest BCUT2D eigenvalue weighted by Crippen LogP contribution is 2.24. The number of rotatable bonds is 7. The van der Waals surface area contributed by atoms with Crippen LogP contribution in [0.1, 0.15) is 30.6 Å². The van der Waals surface area contributed by atoms with Gasteiger partial charge in [-0.3, -0.25) is 4.79 Å². The molecule has 1 N–H and O–H groups in total. The minimum atomic E-state index is -0.0802. The summed E-state index contributed by atoms with van der Waals surface area (Å²) < 4.78 is 5.40. The first kappa shape index (κ1) is 16.4. The van der Waals surface area contributed by atoms with E-state index in [0.29, 0.717) is 6.61 Å². The van der Waals surface area contributed by atoms with Crippen molar-refractivity contribution in [1.82, 2.24) is 0 Å². The number of hydrogen-bond acceptors (Lipinski definition) is 3. The minimum absolute atomic E-state index is 0.0802. The SMILES string of the molecule is CCCSc1ccccc1C(=O)Nc1ccc(OCC)cc1. The average Bonchev–Trinajstić information content (AvgIpc) is 2.55. The number of nitrogens with one attached hydrogen (secondary N) is 1. The van der Waals surface area contributed by atoms with Gasteiger partial charge in [0.15, 0.2) is 0 Å². The smallest absolute Gasteiger partial charge is 0.256 e. The van der Waals surface area contributed by atoms with Crippen LogP contribution in [0.15, 0.2) is 53.4 Å². The van der Waals surface area contributed by atoms with Gasteiger partial charge in [-0.1, -0.05) is 19.1 Å². The topological polar surface area (TPSA) is 38.3 Å². The average molecular weight is 315 g/mol. The molecule has 0 unspecified atom stereocenters. The lowest BCUT2D eigenvalue weighted by atomic mass is 10.2. The highest BCUT2D eigenvalue weighted by atomic mass is 32.2. The van der Waals surface area contributed by atoms with Gasteiger partial charge in [0.1, 0.15) is 5.75 Å².